The van der Waals surface area contributed by atoms with E-state index in [0.29, 0.717) is 12.8 Å². The Morgan fingerprint density at radius 1 is 1.02 bits per heavy atom. The standard InChI is InChI=1S/C36H47F2N5O3/c1-36(2,3)33(41-34(45)31(39-4)21-5-6-21)35(46)42-20-27(44)18-26(42)19-29-28-12-11-24(38)17-30(28)43(25-13-15-40-16-14-25)32(29)22-7-9-23(37)10-8-22/h7-12,17,21,25-27,31,33,39-40,44H,5-6,13-16,18-20H2,1-4H3,(H,41,45)/t26-,27-,31-,33+/m0/s1. The quantitative estimate of drug-likeness (QED) is 0.277. The molecule has 4 N–H and O–H groups in total. The lowest BCUT2D eigenvalue weighted by Gasteiger charge is -2.36. The zero-order chi connectivity index (χ0) is 32.7. The van der Waals surface area contributed by atoms with E-state index in [1.165, 1.54) is 18.2 Å². The molecule has 1 aliphatic carbocycles. The summed E-state index contributed by atoms with van der Waals surface area (Å²) >= 11 is 0. The summed E-state index contributed by atoms with van der Waals surface area (Å²) in [7, 11) is 1.77. The Kier molecular flexibility index (Phi) is 9.24. The second kappa shape index (κ2) is 13.0. The van der Waals surface area contributed by atoms with Gasteiger partial charge in [-0.3, -0.25) is 9.59 Å². The molecule has 3 heterocycles. The Hall–Kier alpha value is -3.34. The molecule has 46 heavy (non-hydrogen) atoms. The van der Waals surface area contributed by atoms with Crippen LogP contribution in [0, 0.1) is 23.0 Å². The summed E-state index contributed by atoms with van der Waals surface area (Å²) in [6.07, 6.45) is 3.77. The van der Waals surface area contributed by atoms with Crippen molar-refractivity contribution in [2.75, 3.05) is 26.7 Å². The van der Waals surface area contributed by atoms with Gasteiger partial charge >= 0.3 is 0 Å². The maximum atomic E-state index is 14.8. The normalized spacial score (nSPS) is 22.3. The molecule has 8 nitrogen and oxygen atoms in total. The average Bonchev–Trinajstić information content (AvgIpc) is 3.71. The summed E-state index contributed by atoms with van der Waals surface area (Å²) in [6.45, 7) is 7.66. The van der Waals surface area contributed by atoms with Crippen molar-refractivity contribution in [2.45, 2.75) is 89.6 Å². The second-order valence-electron chi connectivity index (χ2n) is 14.5. The number of aliphatic hydroxyl groups is 1. The Balaban J connectivity index is 1.40. The van der Waals surface area contributed by atoms with Crippen molar-refractivity contribution in [2.24, 2.45) is 11.3 Å². The van der Waals surface area contributed by atoms with Crippen molar-refractivity contribution in [3.05, 3.63) is 59.7 Å². The molecule has 248 valence electrons. The van der Waals surface area contributed by atoms with Gasteiger partial charge in [-0.15, -0.1) is 0 Å². The lowest BCUT2D eigenvalue weighted by atomic mass is 9.85. The minimum atomic E-state index is -0.788. The van der Waals surface area contributed by atoms with E-state index < -0.39 is 17.6 Å². The van der Waals surface area contributed by atoms with E-state index in [0.717, 1.165) is 66.5 Å². The van der Waals surface area contributed by atoms with Gasteiger partial charge in [0.1, 0.15) is 17.7 Å². The Morgan fingerprint density at radius 2 is 1.70 bits per heavy atom. The maximum Gasteiger partial charge on any atom is 0.246 e. The number of likely N-dealkylation sites (tertiary alicyclic amines) is 1. The number of fused-ring (bicyclic) bond motifs is 1. The smallest absolute Gasteiger partial charge is 0.246 e. The highest BCUT2D eigenvalue weighted by Crippen LogP contribution is 2.41. The van der Waals surface area contributed by atoms with Crippen molar-refractivity contribution in [3.63, 3.8) is 0 Å². The van der Waals surface area contributed by atoms with E-state index >= 15 is 0 Å². The van der Waals surface area contributed by atoms with Crippen molar-refractivity contribution >= 4 is 22.7 Å². The minimum absolute atomic E-state index is 0.110. The van der Waals surface area contributed by atoms with Gasteiger partial charge in [0.25, 0.3) is 0 Å². The van der Waals surface area contributed by atoms with Gasteiger partial charge < -0.3 is 30.5 Å². The van der Waals surface area contributed by atoms with Crippen LogP contribution in [-0.2, 0) is 16.0 Å². The molecule has 4 atom stereocenters. The predicted octanol–water partition coefficient (Wildman–Crippen LogP) is 4.54. The Bertz CT molecular complexity index is 1570. The van der Waals surface area contributed by atoms with E-state index in [9.17, 15) is 23.5 Å². The molecule has 0 radical (unpaired) electrons. The molecule has 3 aliphatic rings. The van der Waals surface area contributed by atoms with E-state index in [1.807, 2.05) is 20.8 Å². The lowest BCUT2D eigenvalue weighted by molar-refractivity contribution is -0.141. The number of aliphatic hydroxyl groups excluding tert-OH is 1. The molecule has 2 amide bonds. The molecule has 2 saturated heterocycles. The average molecular weight is 636 g/mol. The van der Waals surface area contributed by atoms with Crippen LogP contribution in [0.4, 0.5) is 8.78 Å². The first-order valence-electron chi connectivity index (χ1n) is 16.7. The van der Waals surface area contributed by atoms with Gasteiger partial charge in [0.2, 0.25) is 11.8 Å². The van der Waals surface area contributed by atoms with Crippen molar-refractivity contribution in [1.82, 2.24) is 25.4 Å². The molecule has 3 fully saturated rings. The van der Waals surface area contributed by atoms with Gasteiger partial charge in [0.05, 0.1) is 23.4 Å². The minimum Gasteiger partial charge on any atom is -0.391 e. The van der Waals surface area contributed by atoms with Gasteiger partial charge in [0.15, 0.2) is 0 Å². The number of carbonyl (C=O) groups excluding carboxylic acids is 2. The predicted molar refractivity (Wildman–Crippen MR) is 175 cm³/mol. The molecule has 1 saturated carbocycles. The summed E-state index contributed by atoms with van der Waals surface area (Å²) in [5.74, 6) is -0.798. The first-order chi connectivity index (χ1) is 22.0. The third-order valence-corrected chi connectivity index (χ3v) is 10.1. The fourth-order valence-corrected chi connectivity index (χ4v) is 7.57. The number of likely N-dealkylation sites (N-methyl/N-ethyl adjacent to an activating group) is 1. The van der Waals surface area contributed by atoms with Crippen LogP contribution in [0.5, 0.6) is 0 Å². The van der Waals surface area contributed by atoms with Crippen LogP contribution in [0.15, 0.2) is 42.5 Å². The monoisotopic (exact) mass is 635 g/mol. The number of benzene rings is 2. The van der Waals surface area contributed by atoms with Gasteiger partial charge in [-0.2, -0.15) is 0 Å². The largest absolute Gasteiger partial charge is 0.391 e. The fourth-order valence-electron chi connectivity index (χ4n) is 7.57. The van der Waals surface area contributed by atoms with Crippen LogP contribution in [0.3, 0.4) is 0 Å². The van der Waals surface area contributed by atoms with Crippen LogP contribution in [0.1, 0.15) is 64.5 Å². The van der Waals surface area contributed by atoms with Crippen LogP contribution in [0.2, 0.25) is 0 Å². The van der Waals surface area contributed by atoms with Crippen molar-refractivity contribution in [3.8, 4) is 11.3 Å². The van der Waals surface area contributed by atoms with Crippen molar-refractivity contribution < 1.29 is 23.5 Å². The van der Waals surface area contributed by atoms with Crippen LogP contribution in [0.25, 0.3) is 22.2 Å². The number of nitrogens with zero attached hydrogens (tertiary/aromatic N) is 2. The molecule has 1 aromatic heterocycles. The molecule has 6 rings (SSSR count). The summed E-state index contributed by atoms with van der Waals surface area (Å²) in [5, 5.41) is 21.4. The van der Waals surface area contributed by atoms with Gasteiger partial charge in [0, 0.05) is 24.0 Å². The first kappa shape index (κ1) is 32.6. The zero-order valence-electron chi connectivity index (χ0n) is 27.3. The lowest BCUT2D eigenvalue weighted by Crippen LogP contribution is -2.59. The number of halogens is 2. The Morgan fingerprint density at radius 3 is 2.33 bits per heavy atom. The third kappa shape index (κ3) is 6.57. The topological polar surface area (TPSA) is 98.6 Å². The van der Waals surface area contributed by atoms with Gasteiger partial charge in [-0.05, 0) is 124 Å². The Labute approximate surface area is 269 Å². The molecule has 2 aromatic carbocycles. The highest BCUT2D eigenvalue weighted by Gasteiger charge is 2.44. The summed E-state index contributed by atoms with van der Waals surface area (Å²) in [4.78, 5) is 29.5. The molecule has 0 unspecified atom stereocenters. The zero-order valence-corrected chi connectivity index (χ0v) is 27.3. The number of rotatable bonds is 9. The second-order valence-corrected chi connectivity index (χ2v) is 14.5. The molecular weight excluding hydrogens is 588 g/mol. The van der Waals surface area contributed by atoms with Crippen molar-refractivity contribution in [1.29, 1.82) is 0 Å². The first-order valence-corrected chi connectivity index (χ1v) is 16.7. The van der Waals surface area contributed by atoms with Crippen LogP contribution >= 0.6 is 0 Å². The number of amides is 2. The molecule has 10 heteroatoms. The summed E-state index contributed by atoms with van der Waals surface area (Å²) in [6, 6.07) is 9.85. The summed E-state index contributed by atoms with van der Waals surface area (Å²) < 4.78 is 31.2. The molecule has 0 spiro atoms. The molecular formula is C36H47F2N5O3. The highest BCUT2D eigenvalue weighted by molar-refractivity contribution is 5.93. The number of hydrogen-bond donors (Lipinski definition) is 4. The highest BCUT2D eigenvalue weighted by atomic mass is 19.1. The maximum absolute atomic E-state index is 14.8. The van der Waals surface area contributed by atoms with Gasteiger partial charge in [-0.1, -0.05) is 20.8 Å². The summed E-state index contributed by atoms with van der Waals surface area (Å²) in [5.41, 5.74) is 2.85. The van der Waals surface area contributed by atoms with Crippen LogP contribution in [-0.4, -0.2) is 77.3 Å². The number of aromatic nitrogens is 1. The van der Waals surface area contributed by atoms with Gasteiger partial charge in [-0.25, -0.2) is 8.78 Å². The molecule has 2 aliphatic heterocycles. The van der Waals surface area contributed by atoms with E-state index in [1.54, 1.807) is 36.2 Å². The SMILES string of the molecule is CN[C@H](C(=O)N[C@H](C(=O)N1C[C@@H](O)C[C@H]1Cc1c(-c2ccc(F)cc2)n(C2CCNCC2)c2cc(F)ccc12)C(C)(C)C)C1CC1. The number of nitrogens with one attached hydrogen (secondary N) is 3. The van der Waals surface area contributed by atoms with Crippen LogP contribution < -0.4 is 16.0 Å². The number of piperidine rings is 1. The fraction of sp³-hybridized carbons (Fsp3) is 0.556. The number of carbonyl (C=O) groups is 2. The third-order valence-electron chi connectivity index (χ3n) is 10.1. The number of hydrogen-bond acceptors (Lipinski definition) is 5. The van der Waals surface area contributed by atoms with E-state index in [2.05, 4.69) is 20.5 Å². The number of β-amino-alcohol motifs (C(OH)–C–C–N with tert-alkyl or cyclic N) is 1. The molecule has 3 aromatic rings. The van der Waals surface area contributed by atoms with E-state index in [-0.39, 0.29) is 54.0 Å². The molecule has 0 bridgehead atoms. The van der Waals surface area contributed by atoms with E-state index in [4.69, 9.17) is 0 Å².